The van der Waals surface area contributed by atoms with Crippen LogP contribution >= 0.6 is 0 Å². The van der Waals surface area contributed by atoms with Gasteiger partial charge < -0.3 is 9.29 Å². The molecule has 0 N–H and O–H groups in total. The predicted octanol–water partition coefficient (Wildman–Crippen LogP) is -3.08. The van der Waals surface area contributed by atoms with Crippen LogP contribution in [-0.4, -0.2) is 25.0 Å². The van der Waals surface area contributed by atoms with Crippen LogP contribution < -0.4 is 29.6 Å². The van der Waals surface area contributed by atoms with E-state index >= 15 is 0 Å². The first-order valence-corrected chi connectivity index (χ1v) is 4.02. The Morgan fingerprint density at radius 3 is 2.10 bits per heavy atom. The summed E-state index contributed by atoms with van der Waals surface area (Å²) in [6.45, 7) is 3.08. The molecule has 6 heteroatoms. The fourth-order valence-corrected chi connectivity index (χ4v) is 0.621. The van der Waals surface area contributed by atoms with Gasteiger partial charge in [0.15, 0.2) is 0 Å². The maximum Gasteiger partial charge on any atom is 1.00 e. The van der Waals surface area contributed by atoms with E-state index in [0.717, 1.165) is 0 Å². The second-order valence-corrected chi connectivity index (χ2v) is 3.17. The fourth-order valence-electron chi connectivity index (χ4n) is 0.318. The summed E-state index contributed by atoms with van der Waals surface area (Å²) in [5, 5.41) is 0. The molecule has 0 aliphatic rings. The molecule has 0 aliphatic carbocycles. The smallest absolute Gasteiger partial charge is 0.746 e. The normalized spacial score (nSPS) is 13.9. The van der Waals surface area contributed by atoms with E-state index in [1.54, 1.807) is 6.92 Å². The van der Waals surface area contributed by atoms with Crippen molar-refractivity contribution in [2.45, 2.75) is 19.3 Å². The molecule has 56 valence electrons. The van der Waals surface area contributed by atoms with Crippen LogP contribution in [0.25, 0.3) is 0 Å². The Bertz CT molecular complexity index is 164. The summed E-state index contributed by atoms with van der Waals surface area (Å²) in [5.74, 6) is 0. The topological polar surface area (TPSA) is 66.4 Å². The number of rotatable bonds is 3. The van der Waals surface area contributed by atoms with Crippen LogP contribution in [0.2, 0.25) is 0 Å². The van der Waals surface area contributed by atoms with Crippen molar-refractivity contribution in [3.05, 3.63) is 0 Å². The average molecular weight is 176 g/mol. The Kier molecular flexibility index (Phi) is 7.42. The molecule has 1 atom stereocenters. The quantitative estimate of drug-likeness (QED) is 0.338. The number of hydrogen-bond acceptors (Lipinski definition) is 4. The van der Waals surface area contributed by atoms with Crippen molar-refractivity contribution >= 4 is 10.1 Å². The minimum Gasteiger partial charge on any atom is -0.746 e. The van der Waals surface area contributed by atoms with Crippen LogP contribution in [0.4, 0.5) is 0 Å². The van der Waals surface area contributed by atoms with Gasteiger partial charge in [0.05, 0.1) is 0 Å². The van der Waals surface area contributed by atoms with Crippen molar-refractivity contribution in [1.29, 1.82) is 0 Å². The van der Waals surface area contributed by atoms with E-state index in [0.29, 0.717) is 0 Å². The largest absolute Gasteiger partial charge is 1.00 e. The first-order valence-electron chi connectivity index (χ1n) is 2.54. The van der Waals surface area contributed by atoms with E-state index in [1.165, 1.54) is 6.92 Å². The molecule has 0 bridgehead atoms. The molecule has 0 fully saturated rings. The monoisotopic (exact) mass is 176 g/mol. The Hall–Kier alpha value is 0.870. The average Bonchev–Trinajstić information content (AvgIpc) is 1.64. The zero-order chi connectivity index (χ0) is 7.49. The summed E-state index contributed by atoms with van der Waals surface area (Å²) in [6, 6.07) is 0. The van der Waals surface area contributed by atoms with Crippen LogP contribution in [0, 0.1) is 0 Å². The number of ether oxygens (including phenoxy) is 1. The second-order valence-electron chi connectivity index (χ2n) is 1.52. The summed E-state index contributed by atoms with van der Waals surface area (Å²) in [5.41, 5.74) is -1.22. The first-order chi connectivity index (χ1) is 3.98. The Morgan fingerprint density at radius 1 is 1.60 bits per heavy atom. The minimum atomic E-state index is -4.24. The van der Waals surface area contributed by atoms with Gasteiger partial charge in [0.2, 0.25) is 0 Å². The van der Waals surface area contributed by atoms with Crippen molar-refractivity contribution in [2.24, 2.45) is 0 Å². The van der Waals surface area contributed by atoms with Crippen molar-refractivity contribution in [3.8, 4) is 0 Å². The van der Waals surface area contributed by atoms with E-state index in [4.69, 9.17) is 0 Å². The molecule has 0 saturated heterocycles. The Labute approximate surface area is 83.0 Å². The fraction of sp³-hybridized carbons (Fsp3) is 1.00. The van der Waals surface area contributed by atoms with Crippen LogP contribution in [-0.2, 0) is 14.9 Å². The van der Waals surface area contributed by atoms with E-state index in [1.807, 2.05) is 0 Å². The molecule has 0 radical (unpaired) electrons. The molecule has 0 amide bonds. The summed E-state index contributed by atoms with van der Waals surface area (Å²) >= 11 is 0. The van der Waals surface area contributed by atoms with Gasteiger partial charge in [-0.15, -0.1) is 0 Å². The first kappa shape index (κ1) is 13.5. The van der Waals surface area contributed by atoms with Gasteiger partial charge in [0, 0.05) is 6.61 Å². The number of hydrogen-bond donors (Lipinski definition) is 0. The van der Waals surface area contributed by atoms with Crippen molar-refractivity contribution < 1.29 is 47.3 Å². The van der Waals surface area contributed by atoms with Crippen LogP contribution in [0.1, 0.15) is 13.8 Å². The molecular weight excluding hydrogens is 167 g/mol. The van der Waals surface area contributed by atoms with Gasteiger partial charge in [0.25, 0.3) is 0 Å². The Balaban J connectivity index is 0. The van der Waals surface area contributed by atoms with Crippen LogP contribution in [0.3, 0.4) is 0 Å². The molecular formula is C4H9NaO4S. The maximum absolute atomic E-state index is 10.0. The van der Waals surface area contributed by atoms with E-state index < -0.39 is 15.6 Å². The van der Waals surface area contributed by atoms with Gasteiger partial charge in [-0.1, -0.05) is 0 Å². The summed E-state index contributed by atoms with van der Waals surface area (Å²) in [7, 11) is -4.24. The van der Waals surface area contributed by atoms with Gasteiger partial charge in [-0.25, -0.2) is 8.42 Å². The molecule has 0 heterocycles. The molecule has 0 aromatic heterocycles. The minimum absolute atomic E-state index is 0. The zero-order valence-corrected chi connectivity index (χ0v) is 9.14. The maximum atomic E-state index is 10.0. The third kappa shape index (κ3) is 5.64. The van der Waals surface area contributed by atoms with Crippen LogP contribution in [0.5, 0.6) is 0 Å². The second kappa shape index (κ2) is 5.51. The molecule has 0 aliphatic heterocycles. The SMILES string of the molecule is CCOC(C)S(=O)(=O)[O-].[Na+]. The molecule has 0 spiro atoms. The van der Waals surface area contributed by atoms with Crippen LogP contribution in [0.15, 0.2) is 0 Å². The van der Waals surface area contributed by atoms with E-state index in [2.05, 4.69) is 4.74 Å². The molecule has 1 unspecified atom stereocenters. The van der Waals surface area contributed by atoms with Gasteiger partial charge in [0.1, 0.15) is 15.6 Å². The van der Waals surface area contributed by atoms with Gasteiger partial charge in [-0.2, -0.15) is 0 Å². The van der Waals surface area contributed by atoms with E-state index in [9.17, 15) is 13.0 Å². The van der Waals surface area contributed by atoms with Gasteiger partial charge >= 0.3 is 29.6 Å². The molecule has 0 rings (SSSR count). The molecule has 0 aromatic rings. The van der Waals surface area contributed by atoms with Crippen molar-refractivity contribution in [1.82, 2.24) is 0 Å². The molecule has 0 saturated carbocycles. The third-order valence-corrected chi connectivity index (χ3v) is 1.76. The predicted molar refractivity (Wildman–Crippen MR) is 30.8 cm³/mol. The zero-order valence-electron chi connectivity index (χ0n) is 6.33. The van der Waals surface area contributed by atoms with Gasteiger partial charge in [-0.05, 0) is 13.8 Å². The third-order valence-electron chi connectivity index (χ3n) is 0.808. The van der Waals surface area contributed by atoms with Crippen molar-refractivity contribution in [2.75, 3.05) is 6.61 Å². The van der Waals surface area contributed by atoms with Gasteiger partial charge in [-0.3, -0.25) is 0 Å². The molecule has 10 heavy (non-hydrogen) atoms. The molecule has 4 nitrogen and oxygen atoms in total. The van der Waals surface area contributed by atoms with E-state index in [-0.39, 0.29) is 36.2 Å². The summed E-state index contributed by atoms with van der Waals surface area (Å²) < 4.78 is 34.6. The summed E-state index contributed by atoms with van der Waals surface area (Å²) in [4.78, 5) is 0. The standard InChI is InChI=1S/C4H10O4S.Na/c1-3-8-4(2)9(5,6)7;/h4H,3H2,1-2H3,(H,5,6,7);/q;+1/p-1. The Morgan fingerprint density at radius 2 is 2.00 bits per heavy atom. The summed E-state index contributed by atoms with van der Waals surface area (Å²) in [6.07, 6.45) is 0. The van der Waals surface area contributed by atoms with Crippen molar-refractivity contribution in [3.63, 3.8) is 0 Å². The molecule has 0 aromatic carbocycles.